The Morgan fingerprint density at radius 2 is 2.10 bits per heavy atom. The fourth-order valence-corrected chi connectivity index (χ4v) is 2.66. The van der Waals surface area contributed by atoms with Gasteiger partial charge in [0.05, 0.1) is 18.1 Å². The van der Waals surface area contributed by atoms with Crippen molar-refractivity contribution in [3.63, 3.8) is 0 Å². The van der Waals surface area contributed by atoms with Crippen molar-refractivity contribution in [2.75, 3.05) is 26.0 Å². The number of ether oxygens (including phenoxy) is 1. The summed E-state index contributed by atoms with van der Waals surface area (Å²) < 4.78 is 9.86. The van der Waals surface area contributed by atoms with Crippen LogP contribution in [0, 0.1) is 13.8 Å². The number of nitrogens with zero attached hydrogens (tertiary/aromatic N) is 2. The molecule has 20 heavy (non-hydrogen) atoms. The van der Waals surface area contributed by atoms with Gasteiger partial charge in [0.1, 0.15) is 12.3 Å². The van der Waals surface area contributed by atoms with E-state index in [-0.39, 0.29) is 18.4 Å². The Kier molecular flexibility index (Phi) is 6.57. The molecule has 0 aliphatic carbocycles. The van der Waals surface area contributed by atoms with Crippen molar-refractivity contribution in [1.29, 1.82) is 0 Å². The van der Waals surface area contributed by atoms with Gasteiger partial charge in [-0.2, -0.15) is 0 Å². The van der Waals surface area contributed by atoms with Gasteiger partial charge in [0.25, 0.3) is 0 Å². The van der Waals surface area contributed by atoms with Crippen molar-refractivity contribution in [3.05, 3.63) is 17.0 Å². The lowest BCUT2D eigenvalue weighted by Gasteiger charge is -2.15. The first-order valence-electron chi connectivity index (χ1n) is 6.34. The Morgan fingerprint density at radius 3 is 2.65 bits per heavy atom. The van der Waals surface area contributed by atoms with E-state index in [0.717, 1.165) is 17.0 Å². The molecule has 0 atom stereocenters. The van der Waals surface area contributed by atoms with Crippen molar-refractivity contribution in [1.82, 2.24) is 10.1 Å². The van der Waals surface area contributed by atoms with E-state index in [1.807, 2.05) is 13.8 Å². The number of aromatic nitrogens is 1. The molecule has 0 radical (unpaired) electrons. The molecule has 0 fully saturated rings. The van der Waals surface area contributed by atoms with Crippen molar-refractivity contribution >= 4 is 23.6 Å². The number of amides is 1. The number of rotatable bonds is 7. The van der Waals surface area contributed by atoms with E-state index in [2.05, 4.69) is 5.16 Å². The van der Waals surface area contributed by atoms with Crippen LogP contribution in [0.2, 0.25) is 0 Å². The fraction of sp³-hybridized carbons (Fsp3) is 0.615. The molecule has 0 saturated heterocycles. The third-order valence-electron chi connectivity index (χ3n) is 2.75. The first-order valence-corrected chi connectivity index (χ1v) is 7.50. The largest absolute Gasteiger partial charge is 0.465 e. The van der Waals surface area contributed by atoms with Crippen molar-refractivity contribution in [2.45, 2.75) is 26.5 Å². The van der Waals surface area contributed by atoms with Gasteiger partial charge in [-0.15, -0.1) is 11.8 Å². The molecule has 1 amide bonds. The van der Waals surface area contributed by atoms with Crippen molar-refractivity contribution < 1.29 is 18.8 Å². The Morgan fingerprint density at radius 1 is 1.40 bits per heavy atom. The maximum Gasteiger partial charge on any atom is 0.325 e. The number of likely N-dealkylation sites (N-methyl/N-ethyl adjacent to an activating group) is 1. The summed E-state index contributed by atoms with van der Waals surface area (Å²) in [5.74, 6) is 1.26. The maximum atomic E-state index is 11.8. The number of hydrogen-bond acceptors (Lipinski definition) is 6. The van der Waals surface area contributed by atoms with E-state index in [0.29, 0.717) is 18.1 Å². The molecular formula is C13H20N2O4S. The molecule has 0 bridgehead atoms. The van der Waals surface area contributed by atoms with Crippen LogP contribution in [-0.4, -0.2) is 47.9 Å². The quantitative estimate of drug-likeness (QED) is 0.711. The first kappa shape index (κ1) is 16.6. The lowest BCUT2D eigenvalue weighted by Crippen LogP contribution is -2.34. The minimum Gasteiger partial charge on any atom is -0.465 e. The Bertz CT molecular complexity index is 453. The Labute approximate surface area is 122 Å². The van der Waals surface area contributed by atoms with Crippen LogP contribution < -0.4 is 0 Å². The minimum absolute atomic E-state index is 0.0153. The van der Waals surface area contributed by atoms with Gasteiger partial charge in [-0.05, 0) is 20.8 Å². The van der Waals surface area contributed by atoms with Gasteiger partial charge in [0.2, 0.25) is 5.91 Å². The van der Waals surface area contributed by atoms with Crippen LogP contribution in [0.25, 0.3) is 0 Å². The lowest BCUT2D eigenvalue weighted by atomic mass is 10.2. The van der Waals surface area contributed by atoms with Crippen LogP contribution in [0.15, 0.2) is 4.52 Å². The summed E-state index contributed by atoms with van der Waals surface area (Å²) in [7, 11) is 1.59. The standard InChI is InChI=1S/C13H20N2O4S/c1-5-18-13(17)6-15(4)12(16)8-20-7-11-9(2)14-19-10(11)3/h5-8H2,1-4H3. The molecular weight excluding hydrogens is 280 g/mol. The molecule has 0 spiro atoms. The number of thioether (sulfide) groups is 1. The summed E-state index contributed by atoms with van der Waals surface area (Å²) in [4.78, 5) is 24.5. The van der Waals surface area contributed by atoms with Crippen LogP contribution in [0.3, 0.4) is 0 Å². The summed E-state index contributed by atoms with van der Waals surface area (Å²) in [6, 6.07) is 0. The highest BCUT2D eigenvalue weighted by Crippen LogP contribution is 2.19. The summed E-state index contributed by atoms with van der Waals surface area (Å²) in [5, 5.41) is 3.86. The SMILES string of the molecule is CCOC(=O)CN(C)C(=O)CSCc1c(C)noc1C. The van der Waals surface area contributed by atoms with Gasteiger partial charge >= 0.3 is 5.97 Å². The number of hydrogen-bond donors (Lipinski definition) is 0. The van der Waals surface area contributed by atoms with Gasteiger partial charge < -0.3 is 14.2 Å². The van der Waals surface area contributed by atoms with E-state index in [4.69, 9.17) is 9.26 Å². The van der Waals surface area contributed by atoms with E-state index in [1.165, 1.54) is 16.7 Å². The highest BCUT2D eigenvalue weighted by molar-refractivity contribution is 7.99. The Hall–Kier alpha value is -1.50. The molecule has 1 rings (SSSR count). The van der Waals surface area contributed by atoms with E-state index >= 15 is 0 Å². The second-order valence-electron chi connectivity index (χ2n) is 4.35. The second-order valence-corrected chi connectivity index (χ2v) is 5.34. The molecule has 0 N–H and O–H groups in total. The number of carbonyl (C=O) groups excluding carboxylic acids is 2. The zero-order valence-electron chi connectivity index (χ0n) is 12.3. The van der Waals surface area contributed by atoms with Gasteiger partial charge in [0.15, 0.2) is 0 Å². The molecule has 0 aliphatic rings. The molecule has 0 unspecified atom stereocenters. The molecule has 1 aromatic rings. The summed E-state index contributed by atoms with van der Waals surface area (Å²) in [6.45, 7) is 5.77. The summed E-state index contributed by atoms with van der Waals surface area (Å²) in [6.07, 6.45) is 0. The van der Waals surface area contributed by atoms with E-state index < -0.39 is 0 Å². The van der Waals surface area contributed by atoms with Crippen molar-refractivity contribution in [2.24, 2.45) is 0 Å². The van der Waals surface area contributed by atoms with E-state index in [9.17, 15) is 9.59 Å². The van der Waals surface area contributed by atoms with E-state index in [1.54, 1.807) is 14.0 Å². The third-order valence-corrected chi connectivity index (χ3v) is 3.69. The predicted octanol–water partition coefficient (Wildman–Crippen LogP) is 1.55. The normalized spacial score (nSPS) is 10.4. The average Bonchev–Trinajstić information content (AvgIpc) is 2.70. The fourth-order valence-electron chi connectivity index (χ4n) is 1.55. The molecule has 7 heteroatoms. The zero-order valence-corrected chi connectivity index (χ0v) is 13.1. The highest BCUT2D eigenvalue weighted by atomic mass is 32.2. The van der Waals surface area contributed by atoms with Crippen molar-refractivity contribution in [3.8, 4) is 0 Å². The molecule has 1 heterocycles. The maximum absolute atomic E-state index is 11.8. The van der Waals surface area contributed by atoms with Gasteiger partial charge in [-0.1, -0.05) is 5.16 Å². The van der Waals surface area contributed by atoms with Crippen LogP contribution in [0.1, 0.15) is 23.9 Å². The van der Waals surface area contributed by atoms with Gasteiger partial charge in [-0.25, -0.2) is 0 Å². The lowest BCUT2D eigenvalue weighted by molar-refractivity contribution is -0.147. The van der Waals surface area contributed by atoms with Crippen LogP contribution in [0.4, 0.5) is 0 Å². The topological polar surface area (TPSA) is 72.6 Å². The van der Waals surface area contributed by atoms with Crippen LogP contribution in [0.5, 0.6) is 0 Å². The average molecular weight is 300 g/mol. The summed E-state index contributed by atoms with van der Waals surface area (Å²) >= 11 is 1.47. The smallest absolute Gasteiger partial charge is 0.325 e. The minimum atomic E-state index is -0.390. The molecule has 0 saturated carbocycles. The first-order chi connectivity index (χ1) is 9.45. The molecule has 112 valence electrons. The summed E-state index contributed by atoms with van der Waals surface area (Å²) in [5.41, 5.74) is 1.87. The van der Waals surface area contributed by atoms with Crippen LogP contribution >= 0.6 is 11.8 Å². The number of carbonyl (C=O) groups is 2. The Balaban J connectivity index is 2.34. The molecule has 6 nitrogen and oxygen atoms in total. The van der Waals surface area contributed by atoms with Gasteiger partial charge in [0, 0.05) is 18.4 Å². The second kappa shape index (κ2) is 7.94. The molecule has 0 aromatic carbocycles. The van der Waals surface area contributed by atoms with Gasteiger partial charge in [-0.3, -0.25) is 9.59 Å². The monoisotopic (exact) mass is 300 g/mol. The molecule has 0 aliphatic heterocycles. The number of esters is 1. The number of aryl methyl sites for hydroxylation is 2. The molecule has 1 aromatic heterocycles. The highest BCUT2D eigenvalue weighted by Gasteiger charge is 2.15. The predicted molar refractivity (Wildman–Crippen MR) is 76.4 cm³/mol. The zero-order chi connectivity index (χ0) is 15.1. The van der Waals surface area contributed by atoms with Crippen LogP contribution in [-0.2, 0) is 20.1 Å². The third kappa shape index (κ3) is 4.88.